The van der Waals surface area contributed by atoms with Gasteiger partial charge >= 0.3 is 0 Å². The number of aliphatic hydroxyl groups is 1. The van der Waals surface area contributed by atoms with E-state index in [1.807, 2.05) is 18.3 Å². The van der Waals surface area contributed by atoms with Crippen LogP contribution in [0.25, 0.3) is 10.9 Å². The summed E-state index contributed by atoms with van der Waals surface area (Å²) in [4.78, 5) is 3.26. The predicted octanol–water partition coefficient (Wildman–Crippen LogP) is 3.90. The Morgan fingerprint density at radius 3 is 2.78 bits per heavy atom. The molecule has 0 radical (unpaired) electrons. The van der Waals surface area contributed by atoms with Crippen LogP contribution in [0.4, 0.5) is 5.69 Å². The number of aromatic amines is 1. The normalized spacial score (nSPS) is 12.7. The number of aromatic nitrogens is 1. The van der Waals surface area contributed by atoms with Crippen LogP contribution < -0.4 is 14.8 Å². The zero-order chi connectivity index (χ0) is 22.6. The van der Waals surface area contributed by atoms with Gasteiger partial charge in [-0.1, -0.05) is 30.3 Å². The van der Waals surface area contributed by atoms with Crippen molar-refractivity contribution in [3.63, 3.8) is 0 Å². The quantitative estimate of drug-likeness (QED) is 0.263. The summed E-state index contributed by atoms with van der Waals surface area (Å²) in [5, 5.41) is 16.7. The second kappa shape index (κ2) is 9.74. The zero-order valence-electron chi connectivity index (χ0n) is 17.5. The van der Waals surface area contributed by atoms with E-state index in [1.54, 1.807) is 48.9 Å². The lowest BCUT2D eigenvalue weighted by molar-refractivity contribution is 0.175. The van der Waals surface area contributed by atoms with Crippen molar-refractivity contribution in [1.82, 2.24) is 10.3 Å². The molecule has 0 saturated carbocycles. The van der Waals surface area contributed by atoms with Crippen LogP contribution in [0, 0.1) is 0 Å². The summed E-state index contributed by atoms with van der Waals surface area (Å²) in [5.41, 5.74) is 3.21. The summed E-state index contributed by atoms with van der Waals surface area (Å²) in [6.07, 6.45) is 2.01. The first kappa shape index (κ1) is 22.3. The monoisotopic (exact) mass is 471 g/mol. The van der Waals surface area contributed by atoms with Gasteiger partial charge in [0, 0.05) is 23.8 Å². The van der Waals surface area contributed by atoms with Crippen LogP contribution in [0.2, 0.25) is 0 Å². The van der Waals surface area contributed by atoms with E-state index in [-0.39, 0.29) is 4.21 Å². The van der Waals surface area contributed by atoms with Crippen LogP contribution in [-0.4, -0.2) is 38.7 Å². The summed E-state index contributed by atoms with van der Waals surface area (Å²) in [6.45, 7) is 1.04. The summed E-state index contributed by atoms with van der Waals surface area (Å²) < 4.78 is 33.0. The summed E-state index contributed by atoms with van der Waals surface area (Å²) in [5.74, 6) is 0.812. The molecule has 0 unspecified atom stereocenters. The van der Waals surface area contributed by atoms with Gasteiger partial charge < -0.3 is 20.1 Å². The van der Waals surface area contributed by atoms with Gasteiger partial charge in [0.15, 0.2) is 0 Å². The maximum absolute atomic E-state index is 12.4. The van der Waals surface area contributed by atoms with E-state index in [9.17, 15) is 13.5 Å². The Bertz CT molecular complexity index is 1280. The highest BCUT2D eigenvalue weighted by atomic mass is 32.2. The van der Waals surface area contributed by atoms with E-state index < -0.39 is 16.1 Å². The Hall–Kier alpha value is -2.85. The SMILES string of the molecule is COc1cccc2c(CCNC[C@H](O)c3cccc(NS(=O)(=O)c4cccs4)c3)c[nH]c12. The third-order valence-corrected chi connectivity index (χ3v) is 7.95. The molecule has 4 N–H and O–H groups in total. The second-order valence-corrected chi connectivity index (χ2v) is 10.2. The molecule has 4 rings (SSSR count). The van der Waals surface area contributed by atoms with Crippen LogP contribution in [0.15, 0.2) is 70.4 Å². The van der Waals surface area contributed by atoms with Crippen LogP contribution in [0.5, 0.6) is 5.75 Å². The number of fused-ring (bicyclic) bond motifs is 1. The van der Waals surface area contributed by atoms with Crippen LogP contribution in [-0.2, 0) is 16.4 Å². The average molecular weight is 472 g/mol. The molecule has 0 aliphatic heterocycles. The fourth-order valence-electron chi connectivity index (χ4n) is 3.57. The first-order chi connectivity index (χ1) is 15.5. The molecule has 2 aromatic carbocycles. The number of methoxy groups -OCH3 is 1. The molecule has 32 heavy (non-hydrogen) atoms. The third-order valence-electron chi connectivity index (χ3n) is 5.18. The lowest BCUT2D eigenvalue weighted by Gasteiger charge is -2.14. The number of rotatable bonds is 10. The maximum Gasteiger partial charge on any atom is 0.271 e. The number of anilines is 1. The first-order valence-corrected chi connectivity index (χ1v) is 12.5. The number of aliphatic hydroxyl groups excluding tert-OH is 1. The molecule has 0 aliphatic rings. The molecule has 1 atom stereocenters. The minimum absolute atomic E-state index is 0.250. The molecule has 0 aliphatic carbocycles. The summed E-state index contributed by atoms with van der Waals surface area (Å²) >= 11 is 1.16. The molecular weight excluding hydrogens is 446 g/mol. The topological polar surface area (TPSA) is 103 Å². The number of hydrogen-bond acceptors (Lipinski definition) is 6. The van der Waals surface area contributed by atoms with Gasteiger partial charge in [0.1, 0.15) is 9.96 Å². The van der Waals surface area contributed by atoms with Gasteiger partial charge in [-0.3, -0.25) is 4.72 Å². The molecule has 2 heterocycles. The van der Waals surface area contributed by atoms with Crippen LogP contribution in [0.3, 0.4) is 0 Å². The molecule has 0 bridgehead atoms. The maximum atomic E-state index is 12.4. The van der Waals surface area contributed by atoms with E-state index >= 15 is 0 Å². The molecular formula is C23H25N3O4S2. The van der Waals surface area contributed by atoms with E-state index in [0.717, 1.165) is 34.4 Å². The van der Waals surface area contributed by atoms with Crippen molar-refractivity contribution in [2.24, 2.45) is 0 Å². The largest absolute Gasteiger partial charge is 0.495 e. The third kappa shape index (κ3) is 4.97. The second-order valence-electron chi connectivity index (χ2n) is 7.33. The molecule has 0 amide bonds. The van der Waals surface area contributed by atoms with Crippen molar-refractivity contribution in [1.29, 1.82) is 0 Å². The van der Waals surface area contributed by atoms with Gasteiger partial charge in [-0.25, -0.2) is 8.42 Å². The lowest BCUT2D eigenvalue weighted by Crippen LogP contribution is -2.23. The number of thiophene rings is 1. The minimum Gasteiger partial charge on any atom is -0.495 e. The van der Waals surface area contributed by atoms with Crippen molar-refractivity contribution < 1.29 is 18.3 Å². The zero-order valence-corrected chi connectivity index (χ0v) is 19.2. The van der Waals surface area contributed by atoms with E-state index in [2.05, 4.69) is 21.1 Å². The summed E-state index contributed by atoms with van der Waals surface area (Å²) in [7, 11) is -1.97. The van der Waals surface area contributed by atoms with Gasteiger partial charge in [-0.2, -0.15) is 0 Å². The predicted molar refractivity (Wildman–Crippen MR) is 128 cm³/mol. The highest BCUT2D eigenvalue weighted by molar-refractivity contribution is 7.94. The molecule has 0 spiro atoms. The molecule has 0 fully saturated rings. The molecule has 4 aromatic rings. The Morgan fingerprint density at radius 1 is 1.16 bits per heavy atom. The fraction of sp³-hybridized carbons (Fsp3) is 0.217. The van der Waals surface area contributed by atoms with Gasteiger partial charge in [-0.05, 0) is 53.7 Å². The van der Waals surface area contributed by atoms with Crippen molar-refractivity contribution in [2.75, 3.05) is 24.9 Å². The number of H-pyrrole nitrogens is 1. The Labute approximate surface area is 191 Å². The Morgan fingerprint density at radius 2 is 2.00 bits per heavy atom. The molecule has 0 saturated heterocycles. The lowest BCUT2D eigenvalue weighted by atomic mass is 10.1. The fourth-order valence-corrected chi connectivity index (χ4v) is 5.61. The smallest absolute Gasteiger partial charge is 0.271 e. The van der Waals surface area contributed by atoms with E-state index in [4.69, 9.17) is 4.74 Å². The molecule has 2 aromatic heterocycles. The molecule has 9 heteroatoms. The van der Waals surface area contributed by atoms with Crippen LogP contribution >= 0.6 is 11.3 Å². The van der Waals surface area contributed by atoms with Crippen molar-refractivity contribution in [2.45, 2.75) is 16.7 Å². The van der Waals surface area contributed by atoms with Crippen LogP contribution in [0.1, 0.15) is 17.2 Å². The van der Waals surface area contributed by atoms with Gasteiger partial charge in [0.25, 0.3) is 10.0 Å². The Kier molecular flexibility index (Phi) is 6.80. The molecule has 168 valence electrons. The highest BCUT2D eigenvalue weighted by Crippen LogP contribution is 2.27. The van der Waals surface area contributed by atoms with E-state index in [0.29, 0.717) is 24.3 Å². The number of sulfonamides is 1. The first-order valence-electron chi connectivity index (χ1n) is 10.2. The standard InChI is InChI=1S/C23H25N3O4S2/c1-30-21-8-3-7-19-17(14-25-23(19)21)10-11-24-15-20(27)16-5-2-6-18(13-16)26-32(28,29)22-9-4-12-31-22/h2-9,12-14,20,24-27H,10-11,15H2,1H3/t20-/m0/s1. The number of nitrogens with one attached hydrogen (secondary N) is 3. The number of ether oxygens (including phenoxy) is 1. The summed E-state index contributed by atoms with van der Waals surface area (Å²) in [6, 6.07) is 16.0. The van der Waals surface area contributed by atoms with Crippen molar-refractivity contribution in [3.05, 3.63) is 77.3 Å². The molecule has 7 nitrogen and oxygen atoms in total. The number of benzene rings is 2. The highest BCUT2D eigenvalue weighted by Gasteiger charge is 2.16. The van der Waals surface area contributed by atoms with E-state index in [1.165, 1.54) is 5.56 Å². The Balaban J connectivity index is 1.33. The number of hydrogen-bond donors (Lipinski definition) is 4. The van der Waals surface area contributed by atoms with Gasteiger partial charge in [0.2, 0.25) is 0 Å². The number of para-hydroxylation sites is 1. The van der Waals surface area contributed by atoms with Crippen molar-refractivity contribution in [3.8, 4) is 5.75 Å². The minimum atomic E-state index is -3.62. The average Bonchev–Trinajstić information content (AvgIpc) is 3.47. The van der Waals surface area contributed by atoms with Gasteiger partial charge in [0.05, 0.1) is 18.7 Å². The van der Waals surface area contributed by atoms with Crippen molar-refractivity contribution >= 4 is 38.0 Å². The van der Waals surface area contributed by atoms with Gasteiger partial charge in [-0.15, -0.1) is 11.3 Å².